The Bertz CT molecular complexity index is 519. The minimum Gasteiger partial charge on any atom is -0.437 e. The van der Waals surface area contributed by atoms with Gasteiger partial charge in [0.15, 0.2) is 0 Å². The lowest BCUT2D eigenvalue weighted by molar-refractivity contribution is 0.465. The van der Waals surface area contributed by atoms with Crippen LogP contribution < -0.4 is 10.5 Å². The predicted molar refractivity (Wildman–Crippen MR) is 67.9 cm³/mol. The molecule has 0 unspecified atom stereocenters. The van der Waals surface area contributed by atoms with Crippen molar-refractivity contribution in [1.29, 1.82) is 0 Å². The molecule has 0 amide bonds. The van der Waals surface area contributed by atoms with Crippen molar-refractivity contribution in [2.75, 3.05) is 5.73 Å². The largest absolute Gasteiger partial charge is 0.437 e. The van der Waals surface area contributed by atoms with E-state index in [1.165, 1.54) is 0 Å². The number of nitrogen functional groups attached to an aromatic ring is 1. The van der Waals surface area contributed by atoms with Crippen LogP contribution in [-0.4, -0.2) is 4.98 Å². The Morgan fingerprint density at radius 1 is 1.25 bits per heavy atom. The number of aromatic nitrogens is 1. The predicted octanol–water partition coefficient (Wildman–Crippen LogP) is 3.87. The van der Waals surface area contributed by atoms with Gasteiger partial charge in [0, 0.05) is 4.47 Å². The molecule has 0 aliphatic carbocycles. The minimum atomic E-state index is 0.311. The van der Waals surface area contributed by atoms with E-state index in [2.05, 4.69) is 20.9 Å². The molecule has 2 N–H and O–H groups in total. The molecule has 1 aromatic heterocycles. The van der Waals surface area contributed by atoms with Gasteiger partial charge in [-0.25, -0.2) is 0 Å². The number of pyridine rings is 1. The van der Waals surface area contributed by atoms with Gasteiger partial charge >= 0.3 is 0 Å². The van der Waals surface area contributed by atoms with Gasteiger partial charge in [0.05, 0.1) is 5.69 Å². The number of ether oxygens (including phenoxy) is 1. The Morgan fingerprint density at radius 2 is 2.06 bits per heavy atom. The first-order valence-electron chi connectivity index (χ1n) is 4.50. The fourth-order valence-electron chi connectivity index (χ4n) is 1.15. The molecule has 1 aromatic carbocycles. The summed E-state index contributed by atoms with van der Waals surface area (Å²) in [6.07, 6.45) is 0. The number of rotatable bonds is 2. The van der Waals surface area contributed by atoms with Crippen LogP contribution in [0.25, 0.3) is 0 Å². The van der Waals surface area contributed by atoms with E-state index in [-0.39, 0.29) is 0 Å². The number of halogens is 2. The molecule has 0 aliphatic heterocycles. The van der Waals surface area contributed by atoms with Crippen molar-refractivity contribution in [3.63, 3.8) is 0 Å². The number of hydrogen-bond donors (Lipinski definition) is 1. The van der Waals surface area contributed by atoms with Crippen LogP contribution in [-0.2, 0) is 0 Å². The molecule has 16 heavy (non-hydrogen) atoms. The highest BCUT2D eigenvalue weighted by atomic mass is 79.9. The zero-order chi connectivity index (χ0) is 11.5. The van der Waals surface area contributed by atoms with Crippen LogP contribution in [0.2, 0.25) is 5.15 Å². The van der Waals surface area contributed by atoms with Crippen molar-refractivity contribution in [3.8, 4) is 11.6 Å². The van der Waals surface area contributed by atoms with E-state index in [0.29, 0.717) is 22.5 Å². The smallest absolute Gasteiger partial charge is 0.244 e. The highest BCUT2D eigenvalue weighted by Gasteiger charge is 2.05. The van der Waals surface area contributed by atoms with E-state index in [1.807, 2.05) is 24.3 Å². The molecule has 0 aliphatic rings. The summed E-state index contributed by atoms with van der Waals surface area (Å²) in [5.74, 6) is 0.960. The third-order valence-electron chi connectivity index (χ3n) is 1.87. The van der Waals surface area contributed by atoms with Gasteiger partial charge in [-0.15, -0.1) is 0 Å². The Balaban J connectivity index is 2.30. The average molecular weight is 300 g/mol. The van der Waals surface area contributed by atoms with Crippen molar-refractivity contribution in [1.82, 2.24) is 4.98 Å². The molecule has 0 saturated heterocycles. The molecule has 1 heterocycles. The van der Waals surface area contributed by atoms with Crippen molar-refractivity contribution >= 4 is 33.2 Å². The Kier molecular flexibility index (Phi) is 3.31. The molecule has 2 rings (SSSR count). The van der Waals surface area contributed by atoms with Gasteiger partial charge in [-0.1, -0.05) is 33.6 Å². The van der Waals surface area contributed by atoms with E-state index < -0.39 is 0 Å². The van der Waals surface area contributed by atoms with E-state index in [9.17, 15) is 0 Å². The van der Waals surface area contributed by atoms with Gasteiger partial charge in [0.2, 0.25) is 5.88 Å². The molecule has 5 heteroatoms. The fourth-order valence-corrected chi connectivity index (χ4v) is 1.67. The second-order valence-corrected chi connectivity index (χ2v) is 4.39. The molecule has 2 aromatic rings. The lowest BCUT2D eigenvalue weighted by atomic mass is 10.3. The first kappa shape index (κ1) is 11.2. The van der Waals surface area contributed by atoms with Gasteiger partial charge < -0.3 is 10.5 Å². The van der Waals surface area contributed by atoms with Crippen LogP contribution in [0.5, 0.6) is 11.6 Å². The average Bonchev–Trinajstić information content (AvgIpc) is 2.24. The zero-order valence-corrected chi connectivity index (χ0v) is 10.5. The molecule has 0 radical (unpaired) electrons. The monoisotopic (exact) mass is 298 g/mol. The van der Waals surface area contributed by atoms with E-state index >= 15 is 0 Å². The van der Waals surface area contributed by atoms with Crippen LogP contribution in [0.1, 0.15) is 0 Å². The summed E-state index contributed by atoms with van der Waals surface area (Å²) in [6.45, 7) is 0. The van der Waals surface area contributed by atoms with Crippen LogP contribution in [0.15, 0.2) is 40.9 Å². The maximum Gasteiger partial charge on any atom is 0.244 e. The van der Waals surface area contributed by atoms with Crippen molar-refractivity contribution < 1.29 is 4.74 Å². The third kappa shape index (κ3) is 2.65. The molecule has 0 spiro atoms. The fraction of sp³-hybridized carbons (Fsp3) is 0. The lowest BCUT2D eigenvalue weighted by Crippen LogP contribution is -1.94. The van der Waals surface area contributed by atoms with Gasteiger partial charge in [-0.2, -0.15) is 4.98 Å². The summed E-state index contributed by atoms with van der Waals surface area (Å²) in [5.41, 5.74) is 6.17. The summed E-state index contributed by atoms with van der Waals surface area (Å²) in [7, 11) is 0. The standard InChI is InChI=1S/C11H8BrClN2O/c12-7-2-1-3-8(6-7)16-11-9(14)4-5-10(13)15-11/h1-6H,14H2. The highest BCUT2D eigenvalue weighted by molar-refractivity contribution is 9.10. The number of hydrogen-bond acceptors (Lipinski definition) is 3. The maximum absolute atomic E-state index is 5.76. The number of nitrogens with zero attached hydrogens (tertiary/aromatic N) is 1. The summed E-state index contributed by atoms with van der Waals surface area (Å²) < 4.78 is 6.44. The Morgan fingerprint density at radius 3 is 2.81 bits per heavy atom. The number of anilines is 1. The highest BCUT2D eigenvalue weighted by Crippen LogP contribution is 2.28. The Labute approximate surface area is 106 Å². The molecule has 0 fully saturated rings. The topological polar surface area (TPSA) is 48.1 Å². The van der Waals surface area contributed by atoms with E-state index in [1.54, 1.807) is 12.1 Å². The second kappa shape index (κ2) is 4.72. The van der Waals surface area contributed by atoms with Gasteiger partial charge in [0.1, 0.15) is 10.9 Å². The van der Waals surface area contributed by atoms with Crippen LogP contribution in [0.4, 0.5) is 5.69 Å². The van der Waals surface area contributed by atoms with E-state index in [4.69, 9.17) is 22.1 Å². The normalized spacial score (nSPS) is 10.1. The first-order chi connectivity index (χ1) is 7.65. The van der Waals surface area contributed by atoms with Gasteiger partial charge in [0.25, 0.3) is 0 Å². The molecule has 0 saturated carbocycles. The quantitative estimate of drug-likeness (QED) is 0.856. The molecule has 82 valence electrons. The third-order valence-corrected chi connectivity index (χ3v) is 2.57. The van der Waals surface area contributed by atoms with Crippen LogP contribution >= 0.6 is 27.5 Å². The number of nitrogens with two attached hydrogens (primary N) is 1. The Hall–Kier alpha value is -1.26. The summed E-state index contributed by atoms with van der Waals surface area (Å²) >= 11 is 9.11. The first-order valence-corrected chi connectivity index (χ1v) is 5.68. The summed E-state index contributed by atoms with van der Waals surface area (Å²) in [5, 5.41) is 0.346. The minimum absolute atomic E-state index is 0.311. The molecule has 0 atom stereocenters. The molecule has 0 bridgehead atoms. The van der Waals surface area contributed by atoms with Crippen LogP contribution in [0.3, 0.4) is 0 Å². The number of benzene rings is 1. The second-order valence-electron chi connectivity index (χ2n) is 3.09. The lowest BCUT2D eigenvalue weighted by Gasteiger charge is -2.07. The van der Waals surface area contributed by atoms with Gasteiger partial charge in [-0.05, 0) is 30.3 Å². The maximum atomic E-state index is 5.76. The zero-order valence-electron chi connectivity index (χ0n) is 8.15. The summed E-state index contributed by atoms with van der Waals surface area (Å²) in [6, 6.07) is 10.7. The van der Waals surface area contributed by atoms with Gasteiger partial charge in [-0.3, -0.25) is 0 Å². The SMILES string of the molecule is Nc1ccc(Cl)nc1Oc1cccc(Br)c1. The van der Waals surface area contributed by atoms with Crippen molar-refractivity contribution in [2.45, 2.75) is 0 Å². The summed E-state index contributed by atoms with van der Waals surface area (Å²) in [4.78, 5) is 4.00. The molecular formula is C11H8BrClN2O. The molecular weight excluding hydrogens is 291 g/mol. The van der Waals surface area contributed by atoms with Crippen LogP contribution in [0, 0.1) is 0 Å². The van der Waals surface area contributed by atoms with Crippen molar-refractivity contribution in [3.05, 3.63) is 46.0 Å². The van der Waals surface area contributed by atoms with Crippen molar-refractivity contribution in [2.24, 2.45) is 0 Å². The molecule has 3 nitrogen and oxygen atoms in total. The van der Waals surface area contributed by atoms with E-state index in [0.717, 1.165) is 4.47 Å².